The number of hydrogen-bond acceptors (Lipinski definition) is 2. The molecule has 1 unspecified atom stereocenters. The minimum absolute atomic E-state index is 0.430. The van der Waals surface area contributed by atoms with Crippen LogP contribution < -0.4 is 5.32 Å². The Balaban J connectivity index is 1.90. The van der Waals surface area contributed by atoms with Crippen LogP contribution in [0, 0.1) is 19.3 Å². The predicted octanol–water partition coefficient (Wildman–Crippen LogP) is 3.77. The van der Waals surface area contributed by atoms with E-state index in [1.165, 1.54) is 36.0 Å². The van der Waals surface area contributed by atoms with Gasteiger partial charge in [-0.25, -0.2) is 0 Å². The molecule has 1 saturated carbocycles. The van der Waals surface area contributed by atoms with Crippen LogP contribution in [0.4, 0.5) is 0 Å². The summed E-state index contributed by atoms with van der Waals surface area (Å²) >= 11 is 0. The first-order valence-corrected chi connectivity index (χ1v) is 7.36. The topological polar surface area (TPSA) is 21.3 Å². The van der Waals surface area contributed by atoms with Gasteiger partial charge in [0.25, 0.3) is 0 Å². The van der Waals surface area contributed by atoms with E-state index in [4.69, 9.17) is 4.74 Å². The monoisotopic (exact) mass is 261 g/mol. The molecule has 2 rings (SSSR count). The fraction of sp³-hybridized carbons (Fsp3) is 0.647. The Labute approximate surface area is 117 Å². The lowest BCUT2D eigenvalue weighted by atomic mass is 9.98. The summed E-state index contributed by atoms with van der Waals surface area (Å²) in [6, 6.07) is 7.15. The molecule has 2 nitrogen and oxygen atoms in total. The van der Waals surface area contributed by atoms with Crippen LogP contribution in [0.15, 0.2) is 18.2 Å². The highest BCUT2D eigenvalue weighted by molar-refractivity contribution is 5.32. The van der Waals surface area contributed by atoms with Gasteiger partial charge in [-0.2, -0.15) is 0 Å². The van der Waals surface area contributed by atoms with E-state index in [-0.39, 0.29) is 0 Å². The van der Waals surface area contributed by atoms with Gasteiger partial charge in [0.15, 0.2) is 0 Å². The number of rotatable bonds is 7. The van der Waals surface area contributed by atoms with Crippen molar-refractivity contribution in [3.8, 4) is 0 Å². The van der Waals surface area contributed by atoms with Crippen molar-refractivity contribution in [1.29, 1.82) is 0 Å². The van der Waals surface area contributed by atoms with Crippen molar-refractivity contribution in [3.63, 3.8) is 0 Å². The van der Waals surface area contributed by atoms with E-state index in [0.29, 0.717) is 11.5 Å². The molecule has 2 heteroatoms. The van der Waals surface area contributed by atoms with Gasteiger partial charge < -0.3 is 10.1 Å². The molecule has 1 aliphatic carbocycles. The maximum absolute atomic E-state index is 5.22. The Morgan fingerprint density at radius 1 is 1.32 bits per heavy atom. The van der Waals surface area contributed by atoms with Crippen LogP contribution in [0.5, 0.6) is 0 Å². The number of nitrogens with one attached hydrogen (secondary N) is 1. The lowest BCUT2D eigenvalue weighted by molar-refractivity contribution is 0.170. The molecule has 1 aromatic rings. The van der Waals surface area contributed by atoms with Crippen LogP contribution in [-0.2, 0) is 4.74 Å². The number of hydrogen-bond donors (Lipinski definition) is 1. The molecule has 1 aromatic carbocycles. The van der Waals surface area contributed by atoms with Gasteiger partial charge in [0.05, 0.1) is 0 Å². The molecule has 0 bridgehead atoms. The van der Waals surface area contributed by atoms with Gasteiger partial charge in [-0.05, 0) is 56.6 Å². The molecule has 0 radical (unpaired) electrons. The molecule has 1 atom stereocenters. The molecule has 0 aromatic heterocycles. The molecule has 0 amide bonds. The Hall–Kier alpha value is -0.860. The zero-order chi connectivity index (χ0) is 13.9. The van der Waals surface area contributed by atoms with Crippen molar-refractivity contribution in [2.24, 2.45) is 5.41 Å². The number of ether oxygens (including phenoxy) is 1. The van der Waals surface area contributed by atoms with Gasteiger partial charge in [0, 0.05) is 26.3 Å². The molecule has 0 heterocycles. The zero-order valence-corrected chi connectivity index (χ0v) is 12.8. The highest BCUT2D eigenvalue weighted by Crippen LogP contribution is 2.48. The van der Waals surface area contributed by atoms with Crippen LogP contribution in [0.2, 0.25) is 0 Å². The summed E-state index contributed by atoms with van der Waals surface area (Å²) in [7, 11) is 1.79. The highest BCUT2D eigenvalue weighted by atomic mass is 16.5. The molecule has 106 valence electrons. The first kappa shape index (κ1) is 14.5. The van der Waals surface area contributed by atoms with Gasteiger partial charge in [0.1, 0.15) is 0 Å². The van der Waals surface area contributed by atoms with Crippen LogP contribution in [0.1, 0.15) is 48.9 Å². The van der Waals surface area contributed by atoms with E-state index in [9.17, 15) is 0 Å². The molecule has 1 N–H and O–H groups in total. The second kappa shape index (κ2) is 6.06. The average Bonchev–Trinajstić information content (AvgIpc) is 3.17. The molecule has 0 aliphatic heterocycles. The minimum Gasteiger partial charge on any atom is -0.385 e. The Bertz CT molecular complexity index is 423. The SMILES string of the molecule is COCCC1(CNC(C)c2cc(C)ccc2C)CC1. The summed E-state index contributed by atoms with van der Waals surface area (Å²) in [4.78, 5) is 0. The third kappa shape index (κ3) is 3.80. The number of benzene rings is 1. The van der Waals surface area contributed by atoms with Gasteiger partial charge in [0.2, 0.25) is 0 Å². The summed E-state index contributed by atoms with van der Waals surface area (Å²) in [5, 5.41) is 3.72. The fourth-order valence-corrected chi connectivity index (χ4v) is 2.72. The van der Waals surface area contributed by atoms with E-state index in [1.54, 1.807) is 7.11 Å². The van der Waals surface area contributed by atoms with Crippen LogP contribution in [0.25, 0.3) is 0 Å². The third-order valence-corrected chi connectivity index (χ3v) is 4.48. The Morgan fingerprint density at radius 2 is 2.05 bits per heavy atom. The van der Waals surface area contributed by atoms with Crippen molar-refractivity contribution in [2.75, 3.05) is 20.3 Å². The lowest BCUT2D eigenvalue weighted by Crippen LogP contribution is -2.28. The van der Waals surface area contributed by atoms with Crippen molar-refractivity contribution in [2.45, 2.75) is 46.1 Å². The van der Waals surface area contributed by atoms with Crippen molar-refractivity contribution >= 4 is 0 Å². The maximum atomic E-state index is 5.22. The second-order valence-electron chi connectivity index (χ2n) is 6.21. The molecular weight excluding hydrogens is 234 g/mol. The molecule has 1 aliphatic rings. The largest absolute Gasteiger partial charge is 0.385 e. The number of aryl methyl sites for hydroxylation is 2. The predicted molar refractivity (Wildman–Crippen MR) is 80.5 cm³/mol. The molecular formula is C17H27NO. The fourth-order valence-electron chi connectivity index (χ4n) is 2.72. The average molecular weight is 261 g/mol. The van der Waals surface area contributed by atoms with Crippen molar-refractivity contribution < 1.29 is 4.74 Å². The Kier molecular flexibility index (Phi) is 4.64. The first-order valence-electron chi connectivity index (χ1n) is 7.36. The highest BCUT2D eigenvalue weighted by Gasteiger charge is 2.41. The molecule has 1 fully saturated rings. The lowest BCUT2D eigenvalue weighted by Gasteiger charge is -2.21. The van der Waals surface area contributed by atoms with Crippen LogP contribution in [0.3, 0.4) is 0 Å². The standard InChI is InChI=1S/C17H27NO/c1-13-5-6-14(2)16(11-13)15(3)18-12-17(7-8-17)9-10-19-4/h5-6,11,15,18H,7-10,12H2,1-4H3. The van der Waals surface area contributed by atoms with Crippen molar-refractivity contribution in [3.05, 3.63) is 34.9 Å². The summed E-state index contributed by atoms with van der Waals surface area (Å²) < 4.78 is 5.22. The van der Waals surface area contributed by atoms with Gasteiger partial charge in [-0.15, -0.1) is 0 Å². The van der Waals surface area contributed by atoms with E-state index >= 15 is 0 Å². The second-order valence-corrected chi connectivity index (χ2v) is 6.21. The van der Waals surface area contributed by atoms with Crippen molar-refractivity contribution in [1.82, 2.24) is 5.32 Å². The maximum Gasteiger partial charge on any atom is 0.0468 e. The van der Waals surface area contributed by atoms with E-state index in [0.717, 1.165) is 13.2 Å². The van der Waals surface area contributed by atoms with Gasteiger partial charge in [-0.1, -0.05) is 23.8 Å². The van der Waals surface area contributed by atoms with Crippen LogP contribution >= 0.6 is 0 Å². The molecule has 0 saturated heterocycles. The summed E-state index contributed by atoms with van der Waals surface area (Å²) in [6.07, 6.45) is 3.89. The van der Waals surface area contributed by atoms with Crippen LogP contribution in [-0.4, -0.2) is 20.3 Å². The third-order valence-electron chi connectivity index (χ3n) is 4.48. The van der Waals surface area contributed by atoms with Gasteiger partial charge in [-0.3, -0.25) is 0 Å². The quantitative estimate of drug-likeness (QED) is 0.806. The summed E-state index contributed by atoms with van der Waals surface area (Å²) in [6.45, 7) is 8.64. The van der Waals surface area contributed by atoms with E-state index in [1.807, 2.05) is 0 Å². The first-order chi connectivity index (χ1) is 9.06. The number of methoxy groups -OCH3 is 1. The van der Waals surface area contributed by atoms with Gasteiger partial charge >= 0.3 is 0 Å². The Morgan fingerprint density at radius 3 is 2.68 bits per heavy atom. The zero-order valence-electron chi connectivity index (χ0n) is 12.8. The molecule has 0 spiro atoms. The molecule has 19 heavy (non-hydrogen) atoms. The van der Waals surface area contributed by atoms with E-state index < -0.39 is 0 Å². The summed E-state index contributed by atoms with van der Waals surface area (Å²) in [5.74, 6) is 0. The van der Waals surface area contributed by atoms with E-state index in [2.05, 4.69) is 44.3 Å². The summed E-state index contributed by atoms with van der Waals surface area (Å²) in [5.41, 5.74) is 4.67. The normalized spacial score (nSPS) is 18.3. The minimum atomic E-state index is 0.430. The smallest absolute Gasteiger partial charge is 0.0468 e.